The Balaban J connectivity index is 1.97. The highest BCUT2D eigenvalue weighted by Gasteiger charge is 2.34. The summed E-state index contributed by atoms with van der Waals surface area (Å²) in [6, 6.07) is 2.19. The summed E-state index contributed by atoms with van der Waals surface area (Å²) >= 11 is 1.49. The second kappa shape index (κ2) is 4.45. The monoisotopic (exact) mass is 263 g/mol. The number of thiophene rings is 1. The highest BCUT2D eigenvalue weighted by atomic mass is 32.1. The number of anilines is 2. The van der Waals surface area contributed by atoms with Crippen molar-refractivity contribution in [3.05, 3.63) is 10.4 Å². The van der Waals surface area contributed by atoms with Crippen LogP contribution in [0.25, 0.3) is 0 Å². The van der Waals surface area contributed by atoms with Gasteiger partial charge in [0.15, 0.2) is 0 Å². The van der Waals surface area contributed by atoms with Gasteiger partial charge >= 0.3 is 0 Å². The third kappa shape index (κ3) is 1.96. The molecule has 0 bridgehead atoms. The van der Waals surface area contributed by atoms with E-state index in [4.69, 9.17) is 11.0 Å². The second-order valence-corrected chi connectivity index (χ2v) is 6.19. The lowest BCUT2D eigenvalue weighted by atomic mass is 10.1. The molecule has 96 valence electrons. The molecule has 0 spiro atoms. The summed E-state index contributed by atoms with van der Waals surface area (Å²) in [5, 5.41) is 20.0. The zero-order chi connectivity index (χ0) is 12.7. The summed E-state index contributed by atoms with van der Waals surface area (Å²) in [4.78, 5) is 2.84. The predicted molar refractivity (Wildman–Crippen MR) is 72.9 cm³/mol. The first-order valence-corrected chi connectivity index (χ1v) is 7.27. The molecule has 2 fully saturated rings. The topological polar surface area (TPSA) is 73.3 Å². The number of nitrogens with zero attached hydrogens (tertiary/aromatic N) is 2. The molecule has 1 aromatic heterocycles. The fourth-order valence-electron chi connectivity index (χ4n) is 2.67. The van der Waals surface area contributed by atoms with E-state index in [2.05, 4.69) is 11.0 Å². The van der Waals surface area contributed by atoms with Gasteiger partial charge in [-0.25, -0.2) is 0 Å². The maximum atomic E-state index is 9.79. The molecule has 1 aromatic rings. The largest absolute Gasteiger partial charge is 0.397 e. The lowest BCUT2D eigenvalue weighted by Crippen LogP contribution is -2.38. The number of nitrogens with two attached hydrogens (primary N) is 1. The maximum absolute atomic E-state index is 9.79. The lowest BCUT2D eigenvalue weighted by Gasteiger charge is -2.31. The SMILES string of the molecule is N#Cc1sc(N2CCCC(O)C2)c(C2CC2)c1N. The van der Waals surface area contributed by atoms with Crippen LogP contribution in [0.3, 0.4) is 0 Å². The van der Waals surface area contributed by atoms with Crippen LogP contribution in [0, 0.1) is 11.3 Å². The number of nitrogen functional groups attached to an aromatic ring is 1. The van der Waals surface area contributed by atoms with Crippen LogP contribution in [0.15, 0.2) is 0 Å². The van der Waals surface area contributed by atoms with Crippen LogP contribution < -0.4 is 10.6 Å². The Morgan fingerprint density at radius 3 is 2.78 bits per heavy atom. The summed E-state index contributed by atoms with van der Waals surface area (Å²) in [7, 11) is 0. The van der Waals surface area contributed by atoms with Crippen molar-refractivity contribution >= 4 is 22.0 Å². The van der Waals surface area contributed by atoms with Gasteiger partial charge in [0.05, 0.1) is 16.8 Å². The smallest absolute Gasteiger partial charge is 0.130 e. The molecule has 0 aromatic carbocycles. The van der Waals surface area contributed by atoms with E-state index in [9.17, 15) is 5.11 Å². The van der Waals surface area contributed by atoms with E-state index in [1.54, 1.807) is 0 Å². The average Bonchev–Trinajstić information content (AvgIpc) is 3.13. The number of piperidine rings is 1. The summed E-state index contributed by atoms with van der Waals surface area (Å²) < 4.78 is 0. The number of β-amino-alcohol motifs (C(OH)–C–C–N with tert-alkyl or cyclic N) is 1. The first-order chi connectivity index (χ1) is 8.70. The second-order valence-electron chi connectivity index (χ2n) is 5.19. The Labute approximate surface area is 111 Å². The summed E-state index contributed by atoms with van der Waals surface area (Å²) in [5.41, 5.74) is 7.95. The number of aliphatic hydroxyl groups is 1. The maximum Gasteiger partial charge on any atom is 0.130 e. The Hall–Kier alpha value is -1.25. The fourth-order valence-corrected chi connectivity index (χ4v) is 3.81. The molecular formula is C13H17N3OS. The van der Waals surface area contributed by atoms with E-state index in [1.807, 2.05) is 0 Å². The molecule has 1 atom stereocenters. The van der Waals surface area contributed by atoms with Crippen LogP contribution >= 0.6 is 11.3 Å². The van der Waals surface area contributed by atoms with Gasteiger partial charge in [-0.15, -0.1) is 11.3 Å². The Kier molecular flexibility index (Phi) is 2.92. The van der Waals surface area contributed by atoms with E-state index in [1.165, 1.54) is 29.7 Å². The third-order valence-corrected chi connectivity index (χ3v) is 4.92. The van der Waals surface area contributed by atoms with E-state index in [0.717, 1.165) is 24.4 Å². The van der Waals surface area contributed by atoms with Gasteiger partial charge in [-0.2, -0.15) is 5.26 Å². The van der Waals surface area contributed by atoms with Crippen molar-refractivity contribution < 1.29 is 5.11 Å². The number of nitriles is 1. The van der Waals surface area contributed by atoms with E-state index in [-0.39, 0.29) is 6.10 Å². The molecule has 2 aliphatic rings. The van der Waals surface area contributed by atoms with Crippen molar-refractivity contribution in [2.45, 2.75) is 37.7 Å². The van der Waals surface area contributed by atoms with Crippen LogP contribution in [-0.2, 0) is 0 Å². The van der Waals surface area contributed by atoms with Gasteiger partial charge in [0.2, 0.25) is 0 Å². The molecule has 1 saturated heterocycles. The van der Waals surface area contributed by atoms with Crippen molar-refractivity contribution in [3.8, 4) is 6.07 Å². The summed E-state index contributed by atoms with van der Waals surface area (Å²) in [5.74, 6) is 0.539. The average molecular weight is 263 g/mol. The zero-order valence-electron chi connectivity index (χ0n) is 10.2. The minimum absolute atomic E-state index is 0.250. The number of aliphatic hydroxyl groups excluding tert-OH is 1. The zero-order valence-corrected chi connectivity index (χ0v) is 11.0. The van der Waals surface area contributed by atoms with Gasteiger partial charge in [-0.05, 0) is 31.6 Å². The molecule has 1 aliphatic carbocycles. The molecule has 1 unspecified atom stereocenters. The normalized spacial score (nSPS) is 24.0. The molecule has 3 N–H and O–H groups in total. The molecule has 4 nitrogen and oxygen atoms in total. The van der Waals surface area contributed by atoms with Gasteiger partial charge in [-0.3, -0.25) is 0 Å². The van der Waals surface area contributed by atoms with Crippen molar-refractivity contribution in [1.82, 2.24) is 0 Å². The van der Waals surface area contributed by atoms with Gasteiger partial charge in [0.1, 0.15) is 10.9 Å². The molecular weight excluding hydrogens is 246 g/mol. The van der Waals surface area contributed by atoms with Crippen molar-refractivity contribution in [2.75, 3.05) is 23.7 Å². The minimum Gasteiger partial charge on any atom is -0.397 e. The Morgan fingerprint density at radius 1 is 1.39 bits per heavy atom. The third-order valence-electron chi connectivity index (χ3n) is 3.73. The van der Waals surface area contributed by atoms with Crippen molar-refractivity contribution in [2.24, 2.45) is 0 Å². The van der Waals surface area contributed by atoms with Crippen LogP contribution in [0.4, 0.5) is 10.7 Å². The quantitative estimate of drug-likeness (QED) is 0.856. The first kappa shape index (κ1) is 11.8. The summed E-state index contributed by atoms with van der Waals surface area (Å²) in [6.45, 7) is 1.63. The number of hydrogen-bond acceptors (Lipinski definition) is 5. The molecule has 0 radical (unpaired) electrons. The molecule has 1 saturated carbocycles. The minimum atomic E-state index is -0.250. The Morgan fingerprint density at radius 2 is 2.17 bits per heavy atom. The highest BCUT2D eigenvalue weighted by Crippen LogP contribution is 2.52. The van der Waals surface area contributed by atoms with Crippen LogP contribution in [0.1, 0.15) is 42.0 Å². The van der Waals surface area contributed by atoms with Crippen LogP contribution in [0.5, 0.6) is 0 Å². The molecule has 5 heteroatoms. The highest BCUT2D eigenvalue weighted by molar-refractivity contribution is 7.17. The van der Waals surface area contributed by atoms with E-state index < -0.39 is 0 Å². The Bertz CT molecular complexity index is 501. The van der Waals surface area contributed by atoms with Crippen LogP contribution in [-0.4, -0.2) is 24.3 Å². The van der Waals surface area contributed by atoms with E-state index >= 15 is 0 Å². The lowest BCUT2D eigenvalue weighted by molar-refractivity contribution is 0.154. The number of rotatable bonds is 2. The first-order valence-electron chi connectivity index (χ1n) is 6.46. The molecule has 0 amide bonds. The fraction of sp³-hybridized carbons (Fsp3) is 0.615. The molecule has 18 heavy (non-hydrogen) atoms. The van der Waals surface area contributed by atoms with Crippen molar-refractivity contribution in [1.29, 1.82) is 5.26 Å². The molecule has 2 heterocycles. The van der Waals surface area contributed by atoms with Gasteiger partial charge in [0, 0.05) is 18.7 Å². The molecule has 3 rings (SSSR count). The predicted octanol–water partition coefficient (Wildman–Crippen LogP) is 2.04. The summed E-state index contributed by atoms with van der Waals surface area (Å²) in [6.07, 6.45) is 3.98. The van der Waals surface area contributed by atoms with Gasteiger partial charge in [-0.1, -0.05) is 0 Å². The van der Waals surface area contributed by atoms with Gasteiger partial charge < -0.3 is 15.7 Å². The van der Waals surface area contributed by atoms with Crippen molar-refractivity contribution in [3.63, 3.8) is 0 Å². The standard InChI is InChI=1S/C13H17N3OS/c14-6-10-12(15)11(8-3-4-8)13(18-10)16-5-1-2-9(17)7-16/h8-9,17H,1-5,7,15H2. The molecule has 1 aliphatic heterocycles. The van der Waals surface area contributed by atoms with Gasteiger partial charge in [0.25, 0.3) is 0 Å². The number of hydrogen-bond donors (Lipinski definition) is 2. The van der Waals surface area contributed by atoms with Crippen LogP contribution in [0.2, 0.25) is 0 Å². The van der Waals surface area contributed by atoms with E-state index in [0.29, 0.717) is 23.0 Å².